The summed E-state index contributed by atoms with van der Waals surface area (Å²) in [5.41, 5.74) is 1.90. The first-order valence-electron chi connectivity index (χ1n) is 10.0. The number of nitrogens with one attached hydrogen (secondary N) is 1. The number of fused-ring (bicyclic) bond motifs is 1. The lowest BCUT2D eigenvalue weighted by molar-refractivity contribution is -0.117. The first-order chi connectivity index (χ1) is 14.0. The summed E-state index contributed by atoms with van der Waals surface area (Å²) in [6.45, 7) is 2.72. The zero-order valence-electron chi connectivity index (χ0n) is 16.6. The van der Waals surface area contributed by atoms with Crippen molar-refractivity contribution < 1.29 is 15.0 Å². The Hall–Kier alpha value is -2.88. The topological polar surface area (TPSA) is 96.6 Å². The van der Waals surface area contributed by atoms with E-state index in [1.165, 1.54) is 24.9 Å². The zero-order chi connectivity index (χ0) is 20.8. The van der Waals surface area contributed by atoms with Gasteiger partial charge in [0, 0.05) is 30.2 Å². The number of rotatable bonds is 6. The van der Waals surface area contributed by atoms with Crippen molar-refractivity contribution >= 4 is 28.4 Å². The van der Waals surface area contributed by atoms with E-state index in [4.69, 9.17) is 5.11 Å². The van der Waals surface area contributed by atoms with Gasteiger partial charge in [0.05, 0.1) is 12.7 Å². The number of aliphatic hydroxyl groups is 2. The average molecular weight is 393 g/mol. The van der Waals surface area contributed by atoms with Crippen LogP contribution in [-0.2, 0) is 4.79 Å². The van der Waals surface area contributed by atoms with Crippen molar-refractivity contribution in [3.05, 3.63) is 47.5 Å². The maximum atomic E-state index is 12.2. The van der Waals surface area contributed by atoms with Crippen molar-refractivity contribution in [2.24, 2.45) is 0 Å². The monoisotopic (exact) mass is 393 g/mol. The predicted octanol–water partition coefficient (Wildman–Crippen LogP) is 2.59. The number of piperidine rings is 1. The second-order valence-electron chi connectivity index (χ2n) is 7.51. The number of benzene rings is 2. The number of amides is 1. The molecule has 2 atom stereocenters. The maximum absolute atomic E-state index is 12.2. The summed E-state index contributed by atoms with van der Waals surface area (Å²) in [4.78, 5) is 14.7. The molecule has 1 heterocycles. The van der Waals surface area contributed by atoms with Gasteiger partial charge in [-0.2, -0.15) is 5.26 Å². The van der Waals surface area contributed by atoms with Crippen LogP contribution in [0.1, 0.15) is 31.7 Å². The predicted molar refractivity (Wildman–Crippen MR) is 114 cm³/mol. The van der Waals surface area contributed by atoms with Crippen molar-refractivity contribution in [1.29, 1.82) is 5.26 Å². The van der Waals surface area contributed by atoms with Gasteiger partial charge in [-0.25, -0.2) is 0 Å². The molecule has 2 aromatic rings. The van der Waals surface area contributed by atoms with Crippen molar-refractivity contribution in [2.45, 2.75) is 38.3 Å². The third kappa shape index (κ3) is 4.94. The highest BCUT2D eigenvalue weighted by molar-refractivity contribution is 6.03. The van der Waals surface area contributed by atoms with Gasteiger partial charge in [-0.05, 0) is 55.3 Å². The van der Waals surface area contributed by atoms with E-state index in [-0.39, 0.29) is 12.1 Å². The van der Waals surface area contributed by atoms with Crippen molar-refractivity contribution in [2.75, 3.05) is 24.6 Å². The molecule has 2 unspecified atom stereocenters. The fourth-order valence-corrected chi connectivity index (χ4v) is 3.76. The minimum absolute atomic E-state index is 0.0432. The molecule has 1 aliphatic rings. The second kappa shape index (κ2) is 9.55. The first-order valence-corrected chi connectivity index (χ1v) is 10.0. The number of hydrogen-bond acceptors (Lipinski definition) is 5. The molecule has 3 N–H and O–H groups in total. The number of nitrogens with zero attached hydrogens (tertiary/aromatic N) is 2. The fourth-order valence-electron chi connectivity index (χ4n) is 3.76. The molecule has 152 valence electrons. The molecule has 6 nitrogen and oxygen atoms in total. The molecule has 1 aliphatic heterocycles. The Labute approximate surface area is 171 Å². The van der Waals surface area contributed by atoms with Gasteiger partial charge in [-0.3, -0.25) is 4.79 Å². The van der Waals surface area contributed by atoms with Crippen LogP contribution in [0.3, 0.4) is 0 Å². The molecule has 0 radical (unpaired) electrons. The van der Waals surface area contributed by atoms with E-state index in [0.717, 1.165) is 22.9 Å². The van der Waals surface area contributed by atoms with Crippen LogP contribution < -0.4 is 10.2 Å². The molecule has 1 fully saturated rings. The molecule has 0 aliphatic carbocycles. The smallest absolute Gasteiger partial charge is 0.262 e. The van der Waals surface area contributed by atoms with Crippen LogP contribution in [0, 0.1) is 11.3 Å². The number of carbonyl (C=O) groups excluding carboxylic acids is 1. The summed E-state index contributed by atoms with van der Waals surface area (Å²) in [7, 11) is 0. The number of hydrogen-bond donors (Lipinski definition) is 3. The van der Waals surface area contributed by atoms with E-state index in [1.54, 1.807) is 6.08 Å². The van der Waals surface area contributed by atoms with Crippen LogP contribution in [0.2, 0.25) is 0 Å². The van der Waals surface area contributed by atoms with Crippen molar-refractivity contribution in [3.63, 3.8) is 0 Å². The third-order valence-corrected chi connectivity index (χ3v) is 5.38. The number of aliphatic hydroxyl groups excluding tert-OH is 2. The molecule has 29 heavy (non-hydrogen) atoms. The van der Waals surface area contributed by atoms with Crippen LogP contribution in [0.25, 0.3) is 16.8 Å². The van der Waals surface area contributed by atoms with E-state index >= 15 is 0 Å². The second-order valence-corrected chi connectivity index (χ2v) is 7.51. The van der Waals surface area contributed by atoms with E-state index in [1.807, 2.05) is 24.3 Å². The highest BCUT2D eigenvalue weighted by Gasteiger charge is 2.20. The van der Waals surface area contributed by atoms with Gasteiger partial charge in [-0.15, -0.1) is 0 Å². The summed E-state index contributed by atoms with van der Waals surface area (Å²) >= 11 is 0. The lowest BCUT2D eigenvalue weighted by Gasteiger charge is -2.36. The minimum atomic E-state index is -1.05. The van der Waals surface area contributed by atoms with Gasteiger partial charge in [0.1, 0.15) is 11.6 Å². The van der Waals surface area contributed by atoms with Crippen LogP contribution >= 0.6 is 0 Å². The molecule has 1 saturated heterocycles. The Morgan fingerprint density at radius 1 is 1.38 bits per heavy atom. The largest absolute Gasteiger partial charge is 0.394 e. The van der Waals surface area contributed by atoms with E-state index in [0.29, 0.717) is 6.04 Å². The summed E-state index contributed by atoms with van der Waals surface area (Å²) in [5.74, 6) is -0.571. The van der Waals surface area contributed by atoms with Gasteiger partial charge >= 0.3 is 0 Å². The molecule has 3 rings (SSSR count). The molecular formula is C23H27N3O3. The fraction of sp³-hybridized carbons (Fsp3) is 0.391. The van der Waals surface area contributed by atoms with Gasteiger partial charge in [0.2, 0.25) is 0 Å². The van der Waals surface area contributed by atoms with Crippen molar-refractivity contribution in [3.8, 4) is 6.07 Å². The molecule has 0 bridgehead atoms. The third-order valence-electron chi connectivity index (χ3n) is 5.38. The van der Waals surface area contributed by atoms with Crippen LogP contribution in [-0.4, -0.2) is 48.0 Å². The van der Waals surface area contributed by atoms with E-state index in [9.17, 15) is 15.2 Å². The summed E-state index contributed by atoms with van der Waals surface area (Å²) < 4.78 is 0. The summed E-state index contributed by atoms with van der Waals surface area (Å²) in [6, 6.07) is 14.6. The van der Waals surface area contributed by atoms with E-state index in [2.05, 4.69) is 35.3 Å². The number of carbonyl (C=O) groups is 1. The Kier molecular flexibility index (Phi) is 6.86. The first kappa shape index (κ1) is 20.8. The summed E-state index contributed by atoms with van der Waals surface area (Å²) in [6.07, 6.45) is 4.11. The Balaban J connectivity index is 1.91. The van der Waals surface area contributed by atoms with Crippen LogP contribution in [0.4, 0.5) is 5.69 Å². The van der Waals surface area contributed by atoms with E-state index < -0.39 is 18.6 Å². The molecule has 0 saturated carbocycles. The molecule has 6 heteroatoms. The average Bonchev–Trinajstić information content (AvgIpc) is 2.75. The minimum Gasteiger partial charge on any atom is -0.394 e. The van der Waals surface area contributed by atoms with Gasteiger partial charge in [0.25, 0.3) is 5.91 Å². The molecule has 2 aromatic carbocycles. The Morgan fingerprint density at radius 2 is 2.21 bits per heavy atom. The summed E-state index contributed by atoms with van der Waals surface area (Å²) in [5, 5.41) is 32.3. The lowest BCUT2D eigenvalue weighted by atomic mass is 9.99. The molecule has 0 spiro atoms. The Morgan fingerprint density at radius 3 is 2.93 bits per heavy atom. The van der Waals surface area contributed by atoms with Crippen LogP contribution in [0.5, 0.6) is 0 Å². The normalized spacial score (nSPS) is 18.3. The quantitative estimate of drug-likeness (QED) is 0.518. The molecular weight excluding hydrogens is 366 g/mol. The van der Waals surface area contributed by atoms with Crippen molar-refractivity contribution in [1.82, 2.24) is 5.32 Å². The van der Waals surface area contributed by atoms with Crippen LogP contribution in [0.15, 0.2) is 42.0 Å². The molecule has 1 amide bonds. The maximum Gasteiger partial charge on any atom is 0.262 e. The van der Waals surface area contributed by atoms with Gasteiger partial charge in [-0.1, -0.05) is 24.3 Å². The number of anilines is 1. The zero-order valence-corrected chi connectivity index (χ0v) is 16.6. The highest BCUT2D eigenvalue weighted by atomic mass is 16.3. The number of nitriles is 1. The lowest BCUT2D eigenvalue weighted by Crippen LogP contribution is -2.37. The highest BCUT2D eigenvalue weighted by Crippen LogP contribution is 2.32. The SMILES string of the molecule is CC1CCCCN1c1cccc2ccc(/C=C(\C#N)C(=O)NCC(O)CO)cc12. The Bertz CT molecular complexity index is 948. The standard InChI is InChI=1S/C23H27N3O3/c1-16-5-2-3-10-26(16)22-7-4-6-18-9-8-17(12-21(18)22)11-19(13-24)23(29)25-14-20(28)15-27/h4,6-9,11-12,16,20,27-28H,2-3,5,10,14-15H2,1H3,(H,25,29)/b19-11+. The van der Waals surface area contributed by atoms with Gasteiger partial charge in [0.15, 0.2) is 0 Å². The van der Waals surface area contributed by atoms with Gasteiger partial charge < -0.3 is 20.4 Å². The molecule has 0 aromatic heterocycles.